The molecule has 2 N–H and O–H groups in total. The van der Waals surface area contributed by atoms with Crippen molar-refractivity contribution in [3.63, 3.8) is 0 Å². The highest BCUT2D eigenvalue weighted by atomic mass is 32.1. The van der Waals surface area contributed by atoms with E-state index < -0.39 is 5.82 Å². The number of halogens is 1. The van der Waals surface area contributed by atoms with Crippen LogP contribution < -0.4 is 15.8 Å². The predicted molar refractivity (Wildman–Crippen MR) is 127 cm³/mol. The quantitative estimate of drug-likeness (QED) is 0.487. The van der Waals surface area contributed by atoms with Crippen molar-refractivity contribution < 1.29 is 9.18 Å². The Morgan fingerprint density at radius 2 is 2.00 bits per heavy atom. The van der Waals surface area contributed by atoms with Crippen LogP contribution in [0, 0.1) is 12.7 Å². The third-order valence-corrected chi connectivity index (χ3v) is 7.43. The highest BCUT2D eigenvalue weighted by molar-refractivity contribution is 7.10. The molecule has 2 fully saturated rings. The van der Waals surface area contributed by atoms with Gasteiger partial charge in [0.1, 0.15) is 10.8 Å². The summed E-state index contributed by atoms with van der Waals surface area (Å²) in [5.74, 6) is -0.417. The minimum absolute atomic E-state index is 0.127. The monoisotopic (exact) mass is 451 g/mol. The van der Waals surface area contributed by atoms with E-state index in [4.69, 9.17) is 0 Å². The van der Waals surface area contributed by atoms with Crippen LogP contribution in [0.25, 0.3) is 11.1 Å². The van der Waals surface area contributed by atoms with Crippen LogP contribution in [0.15, 0.2) is 41.2 Å². The number of anilines is 2. The Bertz CT molecular complexity index is 1210. The Labute approximate surface area is 190 Å². The number of H-pyrrole nitrogens is 1. The van der Waals surface area contributed by atoms with Crippen LogP contribution in [-0.4, -0.2) is 23.2 Å². The standard InChI is InChI=1S/C25H26FN3O2S/c1-15-24(31)28-32-25(15)29(19-8-9-19)23-13-20(21(26)12-18(23)14-30)16-5-4-6-17(11-16)22-7-2-3-10-27-22/h4-6,11-14,19,22,27H,2-3,7-10H2,1H3,(H,28,31). The van der Waals surface area contributed by atoms with Gasteiger partial charge in [-0.15, -0.1) is 0 Å². The SMILES string of the molecule is Cc1c(N(c2cc(-c3cccc(C4CCCCN4)c3)c(F)cc2C=O)C2CC2)s[nH]c1=O. The van der Waals surface area contributed by atoms with Gasteiger partial charge in [-0.1, -0.05) is 24.6 Å². The van der Waals surface area contributed by atoms with Crippen molar-refractivity contribution in [3.05, 3.63) is 69.3 Å². The number of nitrogens with zero attached hydrogens (tertiary/aromatic N) is 1. The lowest BCUT2D eigenvalue weighted by Crippen LogP contribution is -2.26. The van der Waals surface area contributed by atoms with Crippen molar-refractivity contribution >= 4 is 28.5 Å². The number of carbonyl (C=O) groups excluding carboxylic acids is 1. The second-order valence-electron chi connectivity index (χ2n) is 8.70. The Hall–Kier alpha value is -2.77. The molecule has 0 spiro atoms. The lowest BCUT2D eigenvalue weighted by atomic mass is 9.93. The molecule has 1 atom stereocenters. The van der Waals surface area contributed by atoms with E-state index in [-0.39, 0.29) is 17.6 Å². The zero-order valence-electron chi connectivity index (χ0n) is 18.0. The third kappa shape index (κ3) is 3.91. The summed E-state index contributed by atoms with van der Waals surface area (Å²) in [6.07, 6.45) is 6.08. The number of nitrogens with one attached hydrogen (secondary N) is 2. The van der Waals surface area contributed by atoms with Crippen LogP contribution in [0.1, 0.15) is 59.6 Å². The third-order valence-electron chi connectivity index (χ3n) is 6.45. The largest absolute Gasteiger partial charge is 0.328 e. The van der Waals surface area contributed by atoms with E-state index in [9.17, 15) is 9.59 Å². The summed E-state index contributed by atoms with van der Waals surface area (Å²) in [5, 5.41) is 4.34. The van der Waals surface area contributed by atoms with Gasteiger partial charge in [0.15, 0.2) is 6.29 Å². The molecule has 0 bridgehead atoms. The number of piperidine rings is 1. The fourth-order valence-electron chi connectivity index (χ4n) is 4.54. The van der Waals surface area contributed by atoms with Crippen molar-refractivity contribution in [1.82, 2.24) is 9.69 Å². The number of aldehydes is 1. The maximum Gasteiger partial charge on any atom is 0.263 e. The zero-order chi connectivity index (χ0) is 22.2. The number of hydrogen-bond donors (Lipinski definition) is 2. The number of carbonyl (C=O) groups is 1. The number of rotatable bonds is 6. The molecule has 2 aromatic carbocycles. The van der Waals surface area contributed by atoms with E-state index in [0.717, 1.165) is 41.9 Å². The molecule has 7 heteroatoms. The zero-order valence-corrected chi connectivity index (χ0v) is 18.8. The van der Waals surface area contributed by atoms with Gasteiger partial charge in [-0.3, -0.25) is 14.0 Å². The number of hydrogen-bond acceptors (Lipinski definition) is 5. The van der Waals surface area contributed by atoms with Gasteiger partial charge in [-0.05, 0) is 80.0 Å². The molecule has 5 rings (SSSR count). The van der Waals surface area contributed by atoms with Crippen molar-refractivity contribution in [3.8, 4) is 11.1 Å². The Balaban J connectivity index is 1.61. The van der Waals surface area contributed by atoms with E-state index >= 15 is 4.39 Å². The van der Waals surface area contributed by atoms with Crippen molar-refractivity contribution in [2.24, 2.45) is 0 Å². The summed E-state index contributed by atoms with van der Waals surface area (Å²) < 4.78 is 18.0. The Morgan fingerprint density at radius 3 is 2.66 bits per heavy atom. The summed E-state index contributed by atoms with van der Waals surface area (Å²) in [5.41, 5.74) is 3.85. The van der Waals surface area contributed by atoms with Gasteiger partial charge in [0.25, 0.3) is 5.56 Å². The lowest BCUT2D eigenvalue weighted by molar-refractivity contribution is 0.112. The molecule has 1 saturated heterocycles. The minimum atomic E-state index is -0.417. The van der Waals surface area contributed by atoms with Gasteiger partial charge in [-0.2, -0.15) is 0 Å². The van der Waals surface area contributed by atoms with Gasteiger partial charge in [-0.25, -0.2) is 4.39 Å². The van der Waals surface area contributed by atoms with Crippen LogP contribution in [0.5, 0.6) is 0 Å². The number of aromatic amines is 1. The fourth-order valence-corrected chi connectivity index (χ4v) is 5.47. The molecule has 2 aliphatic rings. The summed E-state index contributed by atoms with van der Waals surface area (Å²) in [6.45, 7) is 2.78. The molecule has 32 heavy (non-hydrogen) atoms. The highest BCUT2D eigenvalue weighted by Gasteiger charge is 2.34. The van der Waals surface area contributed by atoms with Crippen LogP contribution in [0.4, 0.5) is 15.1 Å². The molecular weight excluding hydrogens is 425 g/mol. The number of benzene rings is 2. The molecule has 1 aromatic heterocycles. The first-order valence-electron chi connectivity index (χ1n) is 11.2. The molecule has 1 saturated carbocycles. The topological polar surface area (TPSA) is 65.2 Å². The van der Waals surface area contributed by atoms with Crippen molar-refractivity contribution in [2.45, 2.75) is 51.1 Å². The van der Waals surface area contributed by atoms with Gasteiger partial charge >= 0.3 is 0 Å². The lowest BCUT2D eigenvalue weighted by Gasteiger charge is -2.26. The van der Waals surface area contributed by atoms with E-state index in [1.807, 2.05) is 23.1 Å². The summed E-state index contributed by atoms with van der Waals surface area (Å²) in [6, 6.07) is 11.6. The van der Waals surface area contributed by atoms with Gasteiger partial charge in [0.05, 0.1) is 11.3 Å². The summed E-state index contributed by atoms with van der Waals surface area (Å²) in [7, 11) is 0. The molecule has 1 aliphatic carbocycles. The first-order chi connectivity index (χ1) is 15.6. The van der Waals surface area contributed by atoms with E-state index in [1.54, 1.807) is 13.0 Å². The maximum absolute atomic E-state index is 15.2. The molecule has 2 heterocycles. The van der Waals surface area contributed by atoms with Crippen LogP contribution in [0.3, 0.4) is 0 Å². The molecule has 3 aromatic rings. The van der Waals surface area contributed by atoms with E-state index in [1.165, 1.54) is 30.4 Å². The predicted octanol–water partition coefficient (Wildman–Crippen LogP) is 5.48. The van der Waals surface area contributed by atoms with Gasteiger partial charge in [0.2, 0.25) is 0 Å². The van der Waals surface area contributed by atoms with E-state index in [2.05, 4.69) is 15.8 Å². The summed E-state index contributed by atoms with van der Waals surface area (Å²) >= 11 is 1.26. The van der Waals surface area contributed by atoms with Crippen LogP contribution >= 0.6 is 11.5 Å². The minimum Gasteiger partial charge on any atom is -0.328 e. The molecule has 5 nitrogen and oxygen atoms in total. The van der Waals surface area contributed by atoms with Crippen LogP contribution in [0.2, 0.25) is 0 Å². The van der Waals surface area contributed by atoms with Crippen LogP contribution in [-0.2, 0) is 0 Å². The molecule has 0 amide bonds. The van der Waals surface area contributed by atoms with Gasteiger partial charge < -0.3 is 10.2 Å². The summed E-state index contributed by atoms with van der Waals surface area (Å²) in [4.78, 5) is 26.0. The second-order valence-corrected chi connectivity index (χ2v) is 9.50. The maximum atomic E-state index is 15.2. The second kappa shape index (κ2) is 8.64. The molecule has 1 unspecified atom stereocenters. The Kier molecular flexibility index (Phi) is 5.69. The molecule has 1 aliphatic heterocycles. The normalized spacial score (nSPS) is 18.5. The fraction of sp³-hybridized carbons (Fsp3) is 0.360. The number of aromatic nitrogens is 1. The molecule has 0 radical (unpaired) electrons. The van der Waals surface area contributed by atoms with Crippen molar-refractivity contribution in [2.75, 3.05) is 11.4 Å². The van der Waals surface area contributed by atoms with E-state index in [0.29, 0.717) is 28.7 Å². The average Bonchev–Trinajstić information content (AvgIpc) is 3.61. The Morgan fingerprint density at radius 1 is 1.16 bits per heavy atom. The molecule has 166 valence electrons. The van der Waals surface area contributed by atoms with Gasteiger partial charge in [0, 0.05) is 23.2 Å². The first kappa shape index (κ1) is 21.1. The average molecular weight is 452 g/mol. The molecular formula is C25H26FN3O2S. The smallest absolute Gasteiger partial charge is 0.263 e. The highest BCUT2D eigenvalue weighted by Crippen LogP contribution is 2.43. The first-order valence-corrected chi connectivity index (χ1v) is 12.0. The van der Waals surface area contributed by atoms with Crippen molar-refractivity contribution in [1.29, 1.82) is 0 Å².